The number of rotatable bonds is 7. The topological polar surface area (TPSA) is 99.6 Å². The molecule has 1 amide bonds. The van der Waals surface area contributed by atoms with E-state index in [1.807, 2.05) is 25.1 Å². The lowest BCUT2D eigenvalue weighted by atomic mass is 9.87. The fourth-order valence-electron chi connectivity index (χ4n) is 2.49. The van der Waals surface area contributed by atoms with Gasteiger partial charge in [0.1, 0.15) is 17.3 Å². The quantitative estimate of drug-likeness (QED) is 0.514. The first kappa shape index (κ1) is 19.6. The van der Waals surface area contributed by atoms with Gasteiger partial charge in [-0.15, -0.1) is 0 Å². The third-order valence-electron chi connectivity index (χ3n) is 4.19. The summed E-state index contributed by atoms with van der Waals surface area (Å²) in [5.41, 5.74) is 12.7. The zero-order valence-electron chi connectivity index (χ0n) is 15.5. The molecule has 0 fully saturated rings. The van der Waals surface area contributed by atoms with Crippen molar-refractivity contribution >= 4 is 5.91 Å². The molecule has 0 unspecified atom stereocenters. The molecule has 0 aliphatic carbocycles. The Bertz CT molecular complexity index is 751. The van der Waals surface area contributed by atoms with Crippen LogP contribution in [0.25, 0.3) is 0 Å². The fraction of sp³-hybridized carbons (Fsp3) is 0.350. The van der Waals surface area contributed by atoms with Crippen LogP contribution in [0.15, 0.2) is 54.6 Å². The average Bonchev–Trinajstić information content (AvgIpc) is 2.92. The fourth-order valence-corrected chi connectivity index (χ4v) is 2.49. The summed E-state index contributed by atoms with van der Waals surface area (Å²) in [6.45, 7) is 10.6. The molecule has 0 saturated carbocycles. The highest BCUT2D eigenvalue weighted by molar-refractivity contribution is 5.83. The van der Waals surface area contributed by atoms with Gasteiger partial charge in [0.25, 0.3) is 0 Å². The summed E-state index contributed by atoms with van der Waals surface area (Å²) in [6.07, 6.45) is 5.08. The molecule has 1 aromatic carbocycles. The van der Waals surface area contributed by atoms with Crippen LogP contribution in [0.2, 0.25) is 0 Å². The standard InChI is InChI=1S/C20H27N3O3/c1-5-17(22)19(24)23-14(11-21)7-6-13(2)26-15-8-9-18-16(10-15)20(3,4)12-25-18/h6-11,17H,2,5,12,21-22H2,1,3-4H3,(H,23,24)/b7-6-,14-11+/t17-/m1/s1. The highest BCUT2D eigenvalue weighted by Gasteiger charge is 2.32. The summed E-state index contributed by atoms with van der Waals surface area (Å²) < 4.78 is 11.4. The van der Waals surface area contributed by atoms with Crippen LogP contribution in [0.4, 0.5) is 0 Å². The van der Waals surface area contributed by atoms with Gasteiger partial charge in [-0.2, -0.15) is 0 Å². The van der Waals surface area contributed by atoms with Gasteiger partial charge in [-0.25, -0.2) is 0 Å². The van der Waals surface area contributed by atoms with Crippen LogP contribution in [0.1, 0.15) is 32.8 Å². The number of hydrogen-bond donors (Lipinski definition) is 3. The van der Waals surface area contributed by atoms with Gasteiger partial charge in [-0.1, -0.05) is 27.4 Å². The number of nitrogens with one attached hydrogen (secondary N) is 1. The molecule has 6 nitrogen and oxygen atoms in total. The summed E-state index contributed by atoms with van der Waals surface area (Å²) >= 11 is 0. The van der Waals surface area contributed by atoms with Crippen molar-refractivity contribution in [3.8, 4) is 11.5 Å². The lowest BCUT2D eigenvalue weighted by Gasteiger charge is -2.16. The molecule has 5 N–H and O–H groups in total. The van der Waals surface area contributed by atoms with Crippen molar-refractivity contribution in [3.63, 3.8) is 0 Å². The van der Waals surface area contributed by atoms with E-state index in [4.69, 9.17) is 20.9 Å². The van der Waals surface area contributed by atoms with Crippen molar-refractivity contribution in [2.45, 2.75) is 38.6 Å². The average molecular weight is 357 g/mol. The molecule has 0 radical (unpaired) electrons. The SMILES string of the molecule is C=C(/C=C\C(=C/N)NC(=O)[C@H](N)CC)Oc1ccc2c(c1)C(C)(C)CO2. The van der Waals surface area contributed by atoms with Gasteiger partial charge in [-0.05, 0) is 36.8 Å². The molecule has 1 aliphatic heterocycles. The molecule has 0 aromatic heterocycles. The second-order valence-electron chi connectivity index (χ2n) is 6.86. The predicted octanol–water partition coefficient (Wildman–Crippen LogP) is 2.46. The predicted molar refractivity (Wildman–Crippen MR) is 103 cm³/mol. The zero-order chi connectivity index (χ0) is 19.3. The number of hydrogen-bond acceptors (Lipinski definition) is 5. The van der Waals surface area contributed by atoms with Gasteiger partial charge in [0, 0.05) is 17.2 Å². The largest absolute Gasteiger partial charge is 0.492 e. The van der Waals surface area contributed by atoms with Gasteiger partial charge in [0.2, 0.25) is 5.91 Å². The number of ether oxygens (including phenoxy) is 2. The Morgan fingerprint density at radius 3 is 2.85 bits per heavy atom. The molecule has 0 bridgehead atoms. The van der Waals surface area contributed by atoms with Crippen LogP contribution >= 0.6 is 0 Å². The maximum atomic E-state index is 11.8. The first-order chi connectivity index (χ1) is 12.3. The molecule has 26 heavy (non-hydrogen) atoms. The summed E-state index contributed by atoms with van der Waals surface area (Å²) in [4.78, 5) is 11.8. The summed E-state index contributed by atoms with van der Waals surface area (Å²) in [5, 5.41) is 2.65. The maximum absolute atomic E-state index is 11.8. The van der Waals surface area contributed by atoms with Crippen LogP contribution in [0, 0.1) is 0 Å². The Morgan fingerprint density at radius 1 is 1.46 bits per heavy atom. The van der Waals surface area contributed by atoms with Gasteiger partial charge in [0.15, 0.2) is 0 Å². The lowest BCUT2D eigenvalue weighted by Crippen LogP contribution is -2.39. The second kappa shape index (κ2) is 8.10. The Balaban J connectivity index is 2.00. The minimum absolute atomic E-state index is 0.0519. The Hall–Kier alpha value is -2.73. The number of allylic oxidation sites excluding steroid dienone is 2. The molecule has 1 aliphatic rings. The number of benzene rings is 1. The molecule has 1 aromatic rings. The van der Waals surface area contributed by atoms with Crippen molar-refractivity contribution in [3.05, 3.63) is 60.1 Å². The molecule has 1 heterocycles. The Kier molecular flexibility index (Phi) is 6.10. The first-order valence-corrected chi connectivity index (χ1v) is 8.57. The van der Waals surface area contributed by atoms with Crippen LogP contribution in [-0.4, -0.2) is 18.6 Å². The normalized spacial score (nSPS) is 16.7. The van der Waals surface area contributed by atoms with E-state index in [1.165, 1.54) is 6.20 Å². The number of carbonyl (C=O) groups is 1. The minimum Gasteiger partial charge on any atom is -0.492 e. The second-order valence-corrected chi connectivity index (χ2v) is 6.86. The van der Waals surface area contributed by atoms with Crippen molar-refractivity contribution in [1.82, 2.24) is 5.32 Å². The molecule has 0 spiro atoms. The molecular weight excluding hydrogens is 330 g/mol. The van der Waals surface area contributed by atoms with E-state index in [9.17, 15) is 4.79 Å². The van der Waals surface area contributed by atoms with Gasteiger partial charge >= 0.3 is 0 Å². The molecule has 1 atom stereocenters. The van der Waals surface area contributed by atoms with E-state index in [0.29, 0.717) is 30.2 Å². The van der Waals surface area contributed by atoms with E-state index in [-0.39, 0.29) is 11.3 Å². The van der Waals surface area contributed by atoms with Gasteiger partial charge in [0.05, 0.1) is 18.3 Å². The smallest absolute Gasteiger partial charge is 0.241 e. The zero-order valence-corrected chi connectivity index (χ0v) is 15.5. The van der Waals surface area contributed by atoms with Gasteiger partial charge in [-0.3, -0.25) is 4.79 Å². The molecule has 6 heteroatoms. The highest BCUT2D eigenvalue weighted by atomic mass is 16.5. The number of carbonyl (C=O) groups excluding carboxylic acids is 1. The molecule has 140 valence electrons. The lowest BCUT2D eigenvalue weighted by molar-refractivity contribution is -0.121. The van der Waals surface area contributed by atoms with Crippen molar-refractivity contribution < 1.29 is 14.3 Å². The van der Waals surface area contributed by atoms with E-state index >= 15 is 0 Å². The van der Waals surface area contributed by atoms with Crippen molar-refractivity contribution in [2.75, 3.05) is 6.61 Å². The van der Waals surface area contributed by atoms with E-state index in [1.54, 1.807) is 12.2 Å². The third kappa shape index (κ3) is 4.67. The minimum atomic E-state index is -0.574. The van der Waals surface area contributed by atoms with E-state index in [0.717, 1.165) is 11.3 Å². The molecular formula is C20H27N3O3. The summed E-state index contributed by atoms with van der Waals surface area (Å²) in [6, 6.07) is 5.12. The third-order valence-corrected chi connectivity index (χ3v) is 4.19. The van der Waals surface area contributed by atoms with Crippen molar-refractivity contribution in [2.24, 2.45) is 11.5 Å². The molecule has 0 saturated heterocycles. The Morgan fingerprint density at radius 2 is 2.19 bits per heavy atom. The first-order valence-electron chi connectivity index (χ1n) is 8.57. The monoisotopic (exact) mass is 357 g/mol. The van der Waals surface area contributed by atoms with Crippen LogP contribution in [-0.2, 0) is 10.2 Å². The number of amides is 1. The van der Waals surface area contributed by atoms with Crippen LogP contribution < -0.4 is 26.3 Å². The highest BCUT2D eigenvalue weighted by Crippen LogP contribution is 2.40. The van der Waals surface area contributed by atoms with Gasteiger partial charge < -0.3 is 26.3 Å². The van der Waals surface area contributed by atoms with E-state index in [2.05, 4.69) is 25.7 Å². The number of nitrogens with two attached hydrogens (primary N) is 2. The summed E-state index contributed by atoms with van der Waals surface area (Å²) in [7, 11) is 0. The maximum Gasteiger partial charge on any atom is 0.241 e. The number of fused-ring (bicyclic) bond motifs is 1. The molecule has 2 rings (SSSR count). The van der Waals surface area contributed by atoms with E-state index < -0.39 is 6.04 Å². The van der Waals surface area contributed by atoms with Crippen molar-refractivity contribution in [1.29, 1.82) is 0 Å². The van der Waals surface area contributed by atoms with Crippen LogP contribution in [0.3, 0.4) is 0 Å². The Labute approximate surface area is 154 Å². The van der Waals surface area contributed by atoms with Crippen LogP contribution in [0.5, 0.6) is 11.5 Å². The summed E-state index contributed by atoms with van der Waals surface area (Å²) in [5.74, 6) is 1.68.